The Hall–Kier alpha value is -3.22. The number of benzene rings is 3. The van der Waals surface area contributed by atoms with Crippen LogP contribution in [0.4, 0.5) is 4.79 Å². The predicted octanol–water partition coefficient (Wildman–Crippen LogP) is 5.97. The lowest BCUT2D eigenvalue weighted by Crippen LogP contribution is -2.35. The molecule has 0 radical (unpaired) electrons. The number of hydrogen-bond acceptors (Lipinski definition) is 3. The number of amides is 2. The number of H-pyrrole nitrogens is 1. The summed E-state index contributed by atoms with van der Waals surface area (Å²) in [7, 11) is 0. The zero-order valence-electron chi connectivity index (χ0n) is 18.8. The SMILES string of the molecule is O=C(OCc1cc(Cl)cc(Cl)c1)N1C[C@@H]2CN(C(=O)c3ccc4[nH]c5ccccc5c4c3)C[C@H]2C1. The molecule has 2 saturated heterocycles. The van der Waals surface area contributed by atoms with E-state index in [1.807, 2.05) is 41.3 Å². The van der Waals surface area contributed by atoms with Crippen LogP contribution in [0.1, 0.15) is 15.9 Å². The summed E-state index contributed by atoms with van der Waals surface area (Å²) in [6, 6.07) is 19.1. The summed E-state index contributed by atoms with van der Waals surface area (Å²) >= 11 is 12.0. The molecule has 0 bridgehead atoms. The van der Waals surface area contributed by atoms with E-state index >= 15 is 0 Å². The number of halogens is 2. The number of carbonyl (C=O) groups is 2. The van der Waals surface area contributed by atoms with Crippen LogP contribution < -0.4 is 0 Å². The number of likely N-dealkylation sites (tertiary alicyclic amines) is 2. The number of aromatic amines is 1. The van der Waals surface area contributed by atoms with E-state index in [2.05, 4.69) is 11.1 Å². The third kappa shape index (κ3) is 4.21. The van der Waals surface area contributed by atoms with E-state index in [0.717, 1.165) is 27.4 Å². The number of nitrogens with zero attached hydrogens (tertiary/aromatic N) is 2. The van der Waals surface area contributed by atoms with E-state index in [0.29, 0.717) is 41.8 Å². The number of hydrogen-bond donors (Lipinski definition) is 1. The van der Waals surface area contributed by atoms with Gasteiger partial charge in [-0.15, -0.1) is 0 Å². The van der Waals surface area contributed by atoms with Gasteiger partial charge in [0.05, 0.1) is 0 Å². The molecule has 2 amide bonds. The maximum absolute atomic E-state index is 13.3. The molecule has 178 valence electrons. The Balaban J connectivity index is 1.09. The van der Waals surface area contributed by atoms with Crippen LogP contribution >= 0.6 is 23.2 Å². The van der Waals surface area contributed by atoms with E-state index in [4.69, 9.17) is 27.9 Å². The fourth-order valence-electron chi connectivity index (χ4n) is 5.40. The highest BCUT2D eigenvalue weighted by Crippen LogP contribution is 2.33. The second-order valence-electron chi connectivity index (χ2n) is 9.40. The van der Waals surface area contributed by atoms with Gasteiger partial charge in [-0.1, -0.05) is 41.4 Å². The smallest absolute Gasteiger partial charge is 0.410 e. The first-order valence-corrected chi connectivity index (χ1v) is 12.4. The summed E-state index contributed by atoms with van der Waals surface area (Å²) in [5.74, 6) is 0.548. The first kappa shape index (κ1) is 22.3. The van der Waals surface area contributed by atoms with E-state index in [1.165, 1.54) is 0 Å². The van der Waals surface area contributed by atoms with Crippen molar-refractivity contribution in [2.45, 2.75) is 6.61 Å². The molecule has 0 unspecified atom stereocenters. The molecule has 6 nitrogen and oxygen atoms in total. The number of rotatable bonds is 3. The van der Waals surface area contributed by atoms with Crippen LogP contribution in [0.25, 0.3) is 21.8 Å². The quantitative estimate of drug-likeness (QED) is 0.371. The Morgan fingerprint density at radius 1 is 0.829 bits per heavy atom. The Morgan fingerprint density at radius 3 is 2.23 bits per heavy atom. The highest BCUT2D eigenvalue weighted by molar-refractivity contribution is 6.34. The summed E-state index contributed by atoms with van der Waals surface area (Å²) in [5.41, 5.74) is 3.53. The molecule has 0 spiro atoms. The highest BCUT2D eigenvalue weighted by atomic mass is 35.5. The molecule has 0 aliphatic carbocycles. The van der Waals surface area contributed by atoms with Crippen molar-refractivity contribution in [1.82, 2.24) is 14.8 Å². The third-order valence-corrected chi connectivity index (χ3v) is 7.51. The summed E-state index contributed by atoms with van der Waals surface area (Å²) in [4.78, 5) is 33.0. The molecule has 2 atom stereocenters. The second-order valence-corrected chi connectivity index (χ2v) is 10.3. The van der Waals surface area contributed by atoms with Crippen LogP contribution in [0.5, 0.6) is 0 Å². The summed E-state index contributed by atoms with van der Waals surface area (Å²) < 4.78 is 5.49. The molecule has 6 rings (SSSR count). The number of ether oxygens (including phenoxy) is 1. The van der Waals surface area contributed by atoms with Crippen LogP contribution in [0, 0.1) is 11.8 Å². The van der Waals surface area contributed by atoms with Gasteiger partial charge in [-0.2, -0.15) is 0 Å². The summed E-state index contributed by atoms with van der Waals surface area (Å²) in [5, 5.41) is 3.19. The first-order chi connectivity index (χ1) is 16.9. The van der Waals surface area contributed by atoms with Gasteiger partial charge in [0.2, 0.25) is 0 Å². The topological polar surface area (TPSA) is 65.6 Å². The van der Waals surface area contributed by atoms with Gasteiger partial charge >= 0.3 is 6.09 Å². The van der Waals surface area contributed by atoms with Crippen molar-refractivity contribution < 1.29 is 14.3 Å². The number of fused-ring (bicyclic) bond motifs is 4. The van der Waals surface area contributed by atoms with Crippen LogP contribution in [0.3, 0.4) is 0 Å². The second kappa shape index (κ2) is 8.77. The fourth-order valence-corrected chi connectivity index (χ4v) is 5.97. The van der Waals surface area contributed by atoms with Crippen molar-refractivity contribution in [3.8, 4) is 0 Å². The lowest BCUT2D eigenvalue weighted by molar-refractivity contribution is 0.0764. The van der Waals surface area contributed by atoms with E-state index in [-0.39, 0.29) is 30.4 Å². The maximum Gasteiger partial charge on any atom is 0.410 e. The monoisotopic (exact) mass is 507 g/mol. The lowest BCUT2D eigenvalue weighted by Gasteiger charge is -2.22. The first-order valence-electron chi connectivity index (χ1n) is 11.6. The van der Waals surface area contributed by atoms with Gasteiger partial charge < -0.3 is 19.5 Å². The van der Waals surface area contributed by atoms with Crippen LogP contribution in [0.2, 0.25) is 10.0 Å². The molecule has 3 aromatic carbocycles. The number of nitrogens with one attached hydrogen (secondary N) is 1. The molecular weight excluding hydrogens is 485 g/mol. The van der Waals surface area contributed by atoms with Crippen LogP contribution in [-0.2, 0) is 11.3 Å². The summed E-state index contributed by atoms with van der Waals surface area (Å²) in [6.07, 6.45) is -0.349. The minimum absolute atomic E-state index is 0.0403. The molecule has 8 heteroatoms. The zero-order chi connectivity index (χ0) is 24.1. The van der Waals surface area contributed by atoms with Gasteiger partial charge in [-0.25, -0.2) is 4.79 Å². The molecular formula is C27H23Cl2N3O3. The van der Waals surface area contributed by atoms with E-state index in [1.54, 1.807) is 23.1 Å². The predicted molar refractivity (Wildman–Crippen MR) is 137 cm³/mol. The van der Waals surface area contributed by atoms with Gasteiger partial charge in [0, 0.05) is 75.4 Å². The molecule has 2 aliphatic rings. The molecule has 3 heterocycles. The van der Waals surface area contributed by atoms with Crippen LogP contribution in [-0.4, -0.2) is 53.0 Å². The average Bonchev–Trinajstić information content (AvgIpc) is 3.52. The molecule has 35 heavy (non-hydrogen) atoms. The molecule has 1 N–H and O–H groups in total. The Morgan fingerprint density at radius 2 is 1.49 bits per heavy atom. The highest BCUT2D eigenvalue weighted by Gasteiger charge is 2.43. The normalized spacial score (nSPS) is 19.5. The Kier molecular flexibility index (Phi) is 5.58. The molecule has 0 saturated carbocycles. The maximum atomic E-state index is 13.3. The number of carbonyl (C=O) groups excluding carboxylic acids is 2. The number of para-hydroxylation sites is 1. The van der Waals surface area contributed by atoms with Crippen molar-refractivity contribution in [2.75, 3.05) is 26.2 Å². The van der Waals surface area contributed by atoms with E-state index in [9.17, 15) is 9.59 Å². The van der Waals surface area contributed by atoms with Crippen molar-refractivity contribution in [3.05, 3.63) is 81.8 Å². The molecule has 1 aromatic heterocycles. The van der Waals surface area contributed by atoms with Gasteiger partial charge in [0.1, 0.15) is 6.61 Å². The average molecular weight is 508 g/mol. The minimum atomic E-state index is -0.349. The van der Waals surface area contributed by atoms with Crippen molar-refractivity contribution in [1.29, 1.82) is 0 Å². The Labute approximate surface area is 212 Å². The van der Waals surface area contributed by atoms with Crippen molar-refractivity contribution in [2.24, 2.45) is 11.8 Å². The zero-order valence-corrected chi connectivity index (χ0v) is 20.4. The van der Waals surface area contributed by atoms with Crippen LogP contribution in [0.15, 0.2) is 60.7 Å². The minimum Gasteiger partial charge on any atom is -0.445 e. The summed E-state index contributed by atoms with van der Waals surface area (Å²) in [6.45, 7) is 2.58. The largest absolute Gasteiger partial charge is 0.445 e. The molecule has 2 aliphatic heterocycles. The van der Waals surface area contributed by atoms with Gasteiger partial charge in [-0.3, -0.25) is 4.79 Å². The standard InChI is InChI=1S/C27H23Cl2N3O3/c28-20-7-16(8-21(29)10-20)15-35-27(34)32-13-18-11-31(12-19(18)14-32)26(33)17-5-6-25-23(9-17)22-3-1-2-4-24(22)30-25/h1-10,18-19,30H,11-15H2/t18-,19-/m0/s1. The molecule has 4 aromatic rings. The van der Waals surface area contributed by atoms with Gasteiger partial charge in [-0.05, 0) is 48.0 Å². The number of aromatic nitrogens is 1. The van der Waals surface area contributed by atoms with Gasteiger partial charge in [0.25, 0.3) is 5.91 Å². The van der Waals surface area contributed by atoms with Crippen molar-refractivity contribution >= 4 is 57.0 Å². The molecule has 2 fully saturated rings. The van der Waals surface area contributed by atoms with E-state index < -0.39 is 0 Å². The Bertz CT molecular complexity index is 1430. The van der Waals surface area contributed by atoms with Gasteiger partial charge in [0.15, 0.2) is 0 Å². The third-order valence-electron chi connectivity index (χ3n) is 7.07. The lowest BCUT2D eigenvalue weighted by atomic mass is 10.0. The van der Waals surface area contributed by atoms with Crippen molar-refractivity contribution in [3.63, 3.8) is 0 Å². The fraction of sp³-hybridized carbons (Fsp3) is 0.259.